The Morgan fingerprint density at radius 2 is 1.90 bits per heavy atom. The van der Waals surface area contributed by atoms with Crippen molar-refractivity contribution < 1.29 is 4.79 Å². The highest BCUT2D eigenvalue weighted by Gasteiger charge is 2.19. The van der Waals surface area contributed by atoms with E-state index >= 15 is 0 Å². The maximum Gasteiger partial charge on any atom is 0.224 e. The molecule has 1 aromatic rings. The number of benzene rings is 1. The Labute approximate surface area is 135 Å². The molecule has 2 aliphatic rings. The first-order chi connectivity index (χ1) is 10.3. The smallest absolute Gasteiger partial charge is 0.224 e. The van der Waals surface area contributed by atoms with Gasteiger partial charge in [-0.05, 0) is 54.4 Å². The fourth-order valence-corrected chi connectivity index (χ4v) is 6.01. The Balaban J connectivity index is 1.58. The number of rotatable bonds is 4. The van der Waals surface area contributed by atoms with Gasteiger partial charge in [-0.1, -0.05) is 25.0 Å². The third kappa shape index (κ3) is 4.43. The van der Waals surface area contributed by atoms with E-state index in [0.717, 1.165) is 5.69 Å². The summed E-state index contributed by atoms with van der Waals surface area (Å²) in [6.07, 6.45) is 7.04. The molecule has 1 N–H and O–H groups in total. The van der Waals surface area contributed by atoms with Crippen molar-refractivity contribution in [1.82, 2.24) is 0 Å². The number of thioether (sulfide) groups is 2. The average molecular weight is 322 g/mol. The monoisotopic (exact) mass is 321 g/mol. The molecule has 21 heavy (non-hydrogen) atoms. The van der Waals surface area contributed by atoms with Gasteiger partial charge < -0.3 is 5.32 Å². The predicted octanol–water partition coefficient (Wildman–Crippen LogP) is 5.07. The van der Waals surface area contributed by atoms with Gasteiger partial charge in [0.25, 0.3) is 0 Å². The van der Waals surface area contributed by atoms with Gasteiger partial charge in [0, 0.05) is 12.1 Å². The Morgan fingerprint density at radius 1 is 1.14 bits per heavy atom. The van der Waals surface area contributed by atoms with Crippen molar-refractivity contribution in [1.29, 1.82) is 0 Å². The van der Waals surface area contributed by atoms with Crippen LogP contribution in [0.25, 0.3) is 0 Å². The van der Waals surface area contributed by atoms with Crippen LogP contribution in [0.4, 0.5) is 5.69 Å². The fourth-order valence-electron chi connectivity index (χ4n) is 3.13. The van der Waals surface area contributed by atoms with E-state index in [-0.39, 0.29) is 5.91 Å². The van der Waals surface area contributed by atoms with E-state index in [1.165, 1.54) is 49.2 Å². The first kappa shape index (κ1) is 15.3. The predicted molar refractivity (Wildman–Crippen MR) is 93.9 cm³/mol. The average Bonchev–Trinajstić information content (AvgIpc) is 3.01. The highest BCUT2D eigenvalue weighted by atomic mass is 32.2. The number of hydrogen-bond acceptors (Lipinski definition) is 3. The van der Waals surface area contributed by atoms with Crippen molar-refractivity contribution in [2.24, 2.45) is 5.92 Å². The lowest BCUT2D eigenvalue weighted by atomic mass is 10.0. The van der Waals surface area contributed by atoms with Crippen LogP contribution in [0.1, 0.15) is 48.7 Å². The van der Waals surface area contributed by atoms with Gasteiger partial charge in [-0.25, -0.2) is 0 Å². The number of anilines is 1. The van der Waals surface area contributed by atoms with Crippen LogP contribution in [0.3, 0.4) is 0 Å². The summed E-state index contributed by atoms with van der Waals surface area (Å²) in [6.45, 7) is 0. The lowest BCUT2D eigenvalue weighted by Crippen LogP contribution is -2.15. The summed E-state index contributed by atoms with van der Waals surface area (Å²) in [5, 5.41) is 3.09. The van der Waals surface area contributed by atoms with E-state index in [1.807, 2.05) is 29.6 Å². The number of carbonyl (C=O) groups excluding carboxylic acids is 1. The van der Waals surface area contributed by atoms with Crippen LogP contribution in [0.15, 0.2) is 24.3 Å². The first-order valence-electron chi connectivity index (χ1n) is 7.94. The van der Waals surface area contributed by atoms with Crippen LogP contribution in [-0.2, 0) is 4.79 Å². The molecule has 1 saturated heterocycles. The topological polar surface area (TPSA) is 29.1 Å². The molecule has 0 unspecified atom stereocenters. The molecule has 1 aliphatic heterocycles. The molecule has 1 aliphatic carbocycles. The Morgan fingerprint density at radius 3 is 2.67 bits per heavy atom. The fraction of sp³-hybridized carbons (Fsp3) is 0.588. The maximum absolute atomic E-state index is 12.1. The minimum absolute atomic E-state index is 0.183. The molecule has 3 rings (SSSR count). The molecule has 1 heterocycles. The molecule has 0 aromatic heterocycles. The van der Waals surface area contributed by atoms with Crippen molar-refractivity contribution in [3.8, 4) is 0 Å². The van der Waals surface area contributed by atoms with E-state index in [0.29, 0.717) is 16.9 Å². The minimum atomic E-state index is 0.183. The van der Waals surface area contributed by atoms with Crippen molar-refractivity contribution in [2.75, 3.05) is 16.8 Å². The van der Waals surface area contributed by atoms with Gasteiger partial charge in [0.1, 0.15) is 0 Å². The van der Waals surface area contributed by atoms with Crippen molar-refractivity contribution >= 4 is 35.1 Å². The van der Waals surface area contributed by atoms with Gasteiger partial charge in [0.15, 0.2) is 0 Å². The Kier molecular flexibility index (Phi) is 5.53. The number of hydrogen-bond donors (Lipinski definition) is 1. The molecule has 0 atom stereocenters. The van der Waals surface area contributed by atoms with E-state index in [9.17, 15) is 4.79 Å². The Bertz CT molecular complexity index is 479. The molecule has 0 spiro atoms. The molecule has 1 amide bonds. The van der Waals surface area contributed by atoms with Gasteiger partial charge in [-0.3, -0.25) is 4.79 Å². The largest absolute Gasteiger partial charge is 0.326 e. The Hall–Kier alpha value is -0.610. The zero-order valence-electron chi connectivity index (χ0n) is 12.3. The molecule has 1 saturated carbocycles. The summed E-state index contributed by atoms with van der Waals surface area (Å²) in [6, 6.07) is 8.41. The molecule has 4 heteroatoms. The molecule has 0 bridgehead atoms. The maximum atomic E-state index is 12.1. The standard InChI is InChI=1S/C17H23NOS2/c19-16(11-13-5-1-2-6-13)18-15-8-3-7-14(12-15)17-20-9-4-10-21-17/h3,7-8,12-13,17H,1-2,4-6,9-11H2,(H,18,19). The van der Waals surface area contributed by atoms with Crippen molar-refractivity contribution in [3.05, 3.63) is 29.8 Å². The highest BCUT2D eigenvalue weighted by Crippen LogP contribution is 2.44. The van der Waals surface area contributed by atoms with Crippen LogP contribution in [0, 0.1) is 5.92 Å². The van der Waals surface area contributed by atoms with Crippen molar-refractivity contribution in [2.45, 2.75) is 43.1 Å². The van der Waals surface area contributed by atoms with Crippen LogP contribution in [0.5, 0.6) is 0 Å². The molecular weight excluding hydrogens is 298 g/mol. The summed E-state index contributed by atoms with van der Waals surface area (Å²) >= 11 is 4.04. The summed E-state index contributed by atoms with van der Waals surface area (Å²) in [5.41, 5.74) is 2.30. The van der Waals surface area contributed by atoms with E-state index in [4.69, 9.17) is 0 Å². The molecular formula is C17H23NOS2. The minimum Gasteiger partial charge on any atom is -0.326 e. The van der Waals surface area contributed by atoms with Gasteiger partial charge in [-0.2, -0.15) is 0 Å². The van der Waals surface area contributed by atoms with E-state index < -0.39 is 0 Å². The summed E-state index contributed by atoms with van der Waals surface area (Å²) < 4.78 is 0.533. The van der Waals surface area contributed by atoms with Gasteiger partial charge in [0.2, 0.25) is 5.91 Å². The van der Waals surface area contributed by atoms with Gasteiger partial charge in [0.05, 0.1) is 4.58 Å². The summed E-state index contributed by atoms with van der Waals surface area (Å²) in [5.74, 6) is 3.28. The van der Waals surface area contributed by atoms with Crippen LogP contribution < -0.4 is 5.32 Å². The molecule has 1 aromatic carbocycles. The van der Waals surface area contributed by atoms with E-state index in [2.05, 4.69) is 23.5 Å². The third-order valence-corrected chi connectivity index (χ3v) is 7.23. The van der Waals surface area contributed by atoms with Crippen LogP contribution in [-0.4, -0.2) is 17.4 Å². The van der Waals surface area contributed by atoms with Crippen LogP contribution in [0.2, 0.25) is 0 Å². The lowest BCUT2D eigenvalue weighted by Gasteiger charge is -2.21. The normalized spacial score (nSPS) is 20.6. The number of nitrogens with one attached hydrogen (secondary N) is 1. The molecule has 114 valence electrons. The van der Waals surface area contributed by atoms with Crippen LogP contribution >= 0.6 is 23.5 Å². The second-order valence-corrected chi connectivity index (χ2v) is 8.68. The first-order valence-corrected chi connectivity index (χ1v) is 10.0. The SMILES string of the molecule is O=C(CC1CCCC1)Nc1cccc(C2SCCCS2)c1. The number of amides is 1. The highest BCUT2D eigenvalue weighted by molar-refractivity contribution is 8.16. The van der Waals surface area contributed by atoms with E-state index in [1.54, 1.807) is 0 Å². The summed E-state index contributed by atoms with van der Waals surface area (Å²) in [4.78, 5) is 12.1. The zero-order chi connectivity index (χ0) is 14.5. The van der Waals surface area contributed by atoms with Gasteiger partial charge in [-0.15, -0.1) is 23.5 Å². The van der Waals surface area contributed by atoms with Crippen molar-refractivity contribution in [3.63, 3.8) is 0 Å². The number of carbonyl (C=O) groups is 1. The lowest BCUT2D eigenvalue weighted by molar-refractivity contribution is -0.117. The third-order valence-electron chi connectivity index (χ3n) is 4.22. The second kappa shape index (κ2) is 7.59. The molecule has 2 fully saturated rings. The zero-order valence-corrected chi connectivity index (χ0v) is 14.0. The summed E-state index contributed by atoms with van der Waals surface area (Å²) in [7, 11) is 0. The quantitative estimate of drug-likeness (QED) is 0.839. The van der Waals surface area contributed by atoms with Gasteiger partial charge >= 0.3 is 0 Å². The molecule has 0 radical (unpaired) electrons. The second-order valence-electron chi connectivity index (χ2n) is 5.96. The molecule has 2 nitrogen and oxygen atoms in total.